The van der Waals surface area contributed by atoms with E-state index < -0.39 is 46.1 Å². The van der Waals surface area contributed by atoms with E-state index >= 15 is 0 Å². The molecule has 11 heteroatoms. The second-order valence-electron chi connectivity index (χ2n) is 8.34. The second-order valence-corrected chi connectivity index (χ2v) is 10.6. The molecule has 0 radical (unpaired) electrons. The van der Waals surface area contributed by atoms with Crippen molar-refractivity contribution < 1.29 is 26.8 Å². The van der Waals surface area contributed by atoms with Crippen LogP contribution in [0.25, 0.3) is 0 Å². The quantitative estimate of drug-likeness (QED) is 0.417. The Morgan fingerprint density at radius 2 is 1.62 bits per heavy atom. The molecule has 37 heavy (non-hydrogen) atoms. The first-order chi connectivity index (χ1) is 17.5. The third kappa shape index (κ3) is 7.50. The highest BCUT2D eigenvalue weighted by molar-refractivity contribution is 7.92. The third-order valence-corrected chi connectivity index (χ3v) is 7.08. The maximum absolute atomic E-state index is 13.7. The molecule has 0 unspecified atom stereocenters. The summed E-state index contributed by atoms with van der Waals surface area (Å²) >= 11 is 5.85. The molecule has 0 aliphatic heterocycles. The number of carbonyl (C=O) groups is 2. The Labute approximate surface area is 219 Å². The molecule has 0 saturated carbocycles. The fourth-order valence-electron chi connectivity index (χ4n) is 3.76. The maximum atomic E-state index is 13.7. The van der Waals surface area contributed by atoms with Crippen molar-refractivity contribution in [1.82, 2.24) is 10.2 Å². The van der Waals surface area contributed by atoms with Crippen molar-refractivity contribution in [3.8, 4) is 0 Å². The third-order valence-electron chi connectivity index (χ3n) is 5.65. The number of halogens is 3. The van der Waals surface area contributed by atoms with Gasteiger partial charge in [0.1, 0.15) is 24.2 Å². The Morgan fingerprint density at radius 3 is 2.19 bits per heavy atom. The largest absolute Gasteiger partial charge is 0.357 e. The number of hydrogen-bond acceptors (Lipinski definition) is 4. The van der Waals surface area contributed by atoms with Crippen molar-refractivity contribution in [2.45, 2.75) is 19.0 Å². The van der Waals surface area contributed by atoms with Crippen molar-refractivity contribution in [3.63, 3.8) is 0 Å². The minimum atomic E-state index is -4.01. The first-order valence-corrected chi connectivity index (χ1v) is 13.4. The van der Waals surface area contributed by atoms with Gasteiger partial charge < -0.3 is 10.2 Å². The van der Waals surface area contributed by atoms with Gasteiger partial charge in [-0.3, -0.25) is 13.9 Å². The van der Waals surface area contributed by atoms with Crippen molar-refractivity contribution in [2.75, 3.05) is 24.2 Å². The van der Waals surface area contributed by atoms with Crippen molar-refractivity contribution in [2.24, 2.45) is 0 Å². The van der Waals surface area contributed by atoms with Crippen molar-refractivity contribution in [3.05, 3.63) is 101 Å². The van der Waals surface area contributed by atoms with Crippen LogP contribution in [0.3, 0.4) is 0 Å². The molecule has 3 aromatic rings. The van der Waals surface area contributed by atoms with E-state index in [1.54, 1.807) is 24.3 Å². The van der Waals surface area contributed by atoms with E-state index in [0.717, 1.165) is 28.3 Å². The Kier molecular flexibility index (Phi) is 9.23. The SMILES string of the molecule is CNC(=O)[C@@H](Cc1ccccc1)N(Cc1ccc(F)cc1)C(=O)CN(c1ccc(F)c(Cl)c1)S(C)(=O)=O. The predicted octanol–water partition coefficient (Wildman–Crippen LogP) is 3.77. The molecule has 0 fully saturated rings. The highest BCUT2D eigenvalue weighted by Gasteiger charge is 2.32. The van der Waals surface area contributed by atoms with E-state index in [9.17, 15) is 26.8 Å². The van der Waals surface area contributed by atoms with Gasteiger partial charge in [0, 0.05) is 20.0 Å². The van der Waals surface area contributed by atoms with Gasteiger partial charge in [-0.25, -0.2) is 17.2 Å². The van der Waals surface area contributed by atoms with Crippen molar-refractivity contribution in [1.29, 1.82) is 0 Å². The van der Waals surface area contributed by atoms with Crippen LogP contribution in [0.15, 0.2) is 72.8 Å². The van der Waals surface area contributed by atoms with Gasteiger partial charge in [0.25, 0.3) is 0 Å². The van der Waals surface area contributed by atoms with Crippen LogP contribution in [0.1, 0.15) is 11.1 Å². The molecule has 1 atom stereocenters. The van der Waals surface area contributed by atoms with E-state index in [2.05, 4.69) is 5.32 Å². The Hall–Kier alpha value is -3.50. The van der Waals surface area contributed by atoms with Gasteiger partial charge in [0.05, 0.1) is 17.0 Å². The number of amides is 2. The standard InChI is InChI=1S/C26H26ClF2N3O4S/c1-30-26(34)24(14-18-6-4-3-5-7-18)31(16-19-8-10-20(28)11-9-19)25(33)17-32(37(2,35)36)21-12-13-23(29)22(27)15-21/h3-13,15,24H,14,16-17H2,1-2H3,(H,30,34)/t24-/m1/s1. The van der Waals surface area contributed by atoms with E-state index in [1.807, 2.05) is 6.07 Å². The molecule has 0 saturated heterocycles. The first kappa shape index (κ1) is 28.1. The van der Waals surface area contributed by atoms with Crippen LogP contribution >= 0.6 is 11.6 Å². The zero-order chi connectivity index (χ0) is 27.2. The Bertz CT molecular complexity index is 1360. The molecule has 0 aliphatic rings. The van der Waals surface area contributed by atoms with Gasteiger partial charge in [-0.1, -0.05) is 54.1 Å². The summed E-state index contributed by atoms with van der Waals surface area (Å²) in [5.74, 6) is -2.37. The van der Waals surface area contributed by atoms with Crippen LogP contribution in [0.4, 0.5) is 14.5 Å². The molecule has 0 bridgehead atoms. The van der Waals surface area contributed by atoms with Crippen LogP contribution in [0.5, 0.6) is 0 Å². The number of benzene rings is 3. The van der Waals surface area contributed by atoms with E-state index in [1.165, 1.54) is 42.3 Å². The average molecular weight is 550 g/mol. The number of sulfonamides is 1. The molecule has 0 heterocycles. The van der Waals surface area contributed by atoms with Crippen LogP contribution in [0, 0.1) is 11.6 Å². The monoisotopic (exact) mass is 549 g/mol. The number of likely N-dealkylation sites (N-methyl/N-ethyl adjacent to an activating group) is 1. The summed E-state index contributed by atoms with van der Waals surface area (Å²) in [4.78, 5) is 27.9. The summed E-state index contributed by atoms with van der Waals surface area (Å²) in [5, 5.41) is 2.25. The predicted molar refractivity (Wildman–Crippen MR) is 139 cm³/mol. The molecule has 1 N–H and O–H groups in total. The molecule has 3 rings (SSSR count). The van der Waals surface area contributed by atoms with Crippen LogP contribution in [-0.2, 0) is 32.6 Å². The highest BCUT2D eigenvalue weighted by atomic mass is 35.5. The van der Waals surface area contributed by atoms with E-state index in [-0.39, 0.29) is 23.7 Å². The summed E-state index contributed by atoms with van der Waals surface area (Å²) in [6, 6.07) is 16.7. The minimum Gasteiger partial charge on any atom is -0.357 e. The second kappa shape index (κ2) is 12.2. The highest BCUT2D eigenvalue weighted by Crippen LogP contribution is 2.25. The first-order valence-electron chi connectivity index (χ1n) is 11.2. The number of nitrogens with zero attached hydrogens (tertiary/aromatic N) is 2. The lowest BCUT2D eigenvalue weighted by molar-refractivity contribution is -0.139. The molecular weight excluding hydrogens is 524 g/mol. The molecule has 2 amide bonds. The van der Waals surface area contributed by atoms with E-state index in [4.69, 9.17) is 11.6 Å². The lowest BCUT2D eigenvalue weighted by Crippen LogP contribution is -2.52. The number of rotatable bonds is 10. The van der Waals surface area contributed by atoms with Crippen molar-refractivity contribution >= 4 is 39.1 Å². The summed E-state index contributed by atoms with van der Waals surface area (Å²) in [6.07, 6.45) is 1.05. The van der Waals surface area contributed by atoms with Gasteiger partial charge in [0.15, 0.2) is 0 Å². The molecule has 0 aromatic heterocycles. The van der Waals surface area contributed by atoms with E-state index in [0.29, 0.717) is 5.56 Å². The Balaban J connectivity index is 2.03. The number of hydrogen-bond donors (Lipinski definition) is 1. The summed E-state index contributed by atoms with van der Waals surface area (Å²) in [5.41, 5.74) is 1.30. The topological polar surface area (TPSA) is 86.8 Å². The fraction of sp³-hybridized carbons (Fsp3) is 0.231. The summed E-state index contributed by atoms with van der Waals surface area (Å²) < 4.78 is 53.3. The lowest BCUT2D eigenvalue weighted by Gasteiger charge is -2.33. The van der Waals surface area contributed by atoms with Gasteiger partial charge in [-0.05, 0) is 41.5 Å². The average Bonchev–Trinajstić information content (AvgIpc) is 2.87. The Morgan fingerprint density at radius 1 is 0.973 bits per heavy atom. The summed E-state index contributed by atoms with van der Waals surface area (Å²) in [6.45, 7) is -0.768. The molecule has 0 aliphatic carbocycles. The molecular formula is C26H26ClF2N3O4S. The number of carbonyl (C=O) groups excluding carboxylic acids is 2. The zero-order valence-electron chi connectivity index (χ0n) is 20.2. The van der Waals surface area contributed by atoms with Gasteiger partial charge in [0.2, 0.25) is 21.8 Å². The molecule has 3 aromatic carbocycles. The van der Waals surface area contributed by atoms with Crippen LogP contribution < -0.4 is 9.62 Å². The fourth-order valence-corrected chi connectivity index (χ4v) is 4.78. The lowest BCUT2D eigenvalue weighted by atomic mass is 10.0. The number of nitrogens with one attached hydrogen (secondary N) is 1. The summed E-state index contributed by atoms with van der Waals surface area (Å²) in [7, 11) is -2.58. The van der Waals surface area contributed by atoms with Gasteiger partial charge in [-0.2, -0.15) is 0 Å². The van der Waals surface area contributed by atoms with Crippen LogP contribution in [0.2, 0.25) is 5.02 Å². The maximum Gasteiger partial charge on any atom is 0.244 e. The zero-order valence-corrected chi connectivity index (χ0v) is 21.8. The molecule has 196 valence electrons. The minimum absolute atomic E-state index is 0.0106. The smallest absolute Gasteiger partial charge is 0.244 e. The normalized spacial score (nSPS) is 12.0. The molecule has 0 spiro atoms. The van der Waals surface area contributed by atoms with Crippen LogP contribution in [-0.4, -0.2) is 51.0 Å². The number of anilines is 1. The van der Waals surface area contributed by atoms with Gasteiger partial charge in [-0.15, -0.1) is 0 Å². The van der Waals surface area contributed by atoms with Gasteiger partial charge >= 0.3 is 0 Å². The molecule has 7 nitrogen and oxygen atoms in total.